The molecular formula is C37H26N2OS. The number of para-hydroxylation sites is 3. The lowest BCUT2D eigenvalue weighted by Gasteiger charge is -2.11. The SMILES string of the molecule is COSc1ccc2c(c1)c1ccccc1n2-c1ccc(-c2ccc(-n3c4ccccc4c4ccccc43)cc2)cc1. The van der Waals surface area contributed by atoms with Crippen LogP contribution in [0.3, 0.4) is 0 Å². The van der Waals surface area contributed by atoms with Crippen molar-refractivity contribution in [2.45, 2.75) is 4.90 Å². The molecule has 0 radical (unpaired) electrons. The molecule has 0 saturated heterocycles. The highest BCUT2D eigenvalue weighted by atomic mass is 32.2. The maximum atomic E-state index is 5.31. The van der Waals surface area contributed by atoms with Gasteiger partial charge in [0.15, 0.2) is 0 Å². The molecule has 8 rings (SSSR count). The van der Waals surface area contributed by atoms with Gasteiger partial charge in [0, 0.05) is 49.9 Å². The second kappa shape index (κ2) is 9.70. The molecule has 0 N–H and O–H groups in total. The Kier molecular flexibility index (Phi) is 5.69. The van der Waals surface area contributed by atoms with Gasteiger partial charge in [-0.2, -0.15) is 0 Å². The third-order valence-corrected chi connectivity index (χ3v) is 8.60. The second-order valence-corrected chi connectivity index (χ2v) is 11.2. The largest absolute Gasteiger partial charge is 0.314 e. The van der Waals surface area contributed by atoms with Gasteiger partial charge >= 0.3 is 0 Å². The predicted octanol–water partition coefficient (Wildman–Crippen LogP) is 10.2. The minimum atomic E-state index is 1.10. The van der Waals surface area contributed by atoms with Crippen molar-refractivity contribution in [2.75, 3.05) is 7.11 Å². The molecule has 3 nitrogen and oxygen atoms in total. The quantitative estimate of drug-likeness (QED) is 0.200. The molecule has 2 heterocycles. The summed E-state index contributed by atoms with van der Waals surface area (Å²) in [6.45, 7) is 0. The standard InChI is InChI=1S/C37H26N2OS/c1-40-41-29-22-23-37-33(24-29)32-10-4-7-13-36(32)39(37)28-20-16-26(17-21-28)25-14-18-27(19-15-25)38-34-11-5-2-8-30(34)31-9-3-6-12-35(31)38/h2-24H,1H3. The van der Waals surface area contributed by atoms with Crippen molar-refractivity contribution in [1.82, 2.24) is 9.13 Å². The van der Waals surface area contributed by atoms with Crippen molar-refractivity contribution in [3.63, 3.8) is 0 Å². The van der Waals surface area contributed by atoms with Crippen LogP contribution in [0.2, 0.25) is 0 Å². The molecule has 0 atom stereocenters. The first-order chi connectivity index (χ1) is 20.3. The Morgan fingerprint density at radius 1 is 0.439 bits per heavy atom. The van der Waals surface area contributed by atoms with E-state index in [2.05, 4.69) is 149 Å². The molecule has 4 heteroatoms. The molecule has 0 aliphatic heterocycles. The van der Waals surface area contributed by atoms with Crippen LogP contribution in [0.1, 0.15) is 0 Å². The van der Waals surface area contributed by atoms with Gasteiger partial charge < -0.3 is 13.3 Å². The highest BCUT2D eigenvalue weighted by Gasteiger charge is 2.14. The smallest absolute Gasteiger partial charge is 0.0541 e. The number of aromatic nitrogens is 2. The van der Waals surface area contributed by atoms with Crippen LogP contribution in [0.25, 0.3) is 66.1 Å². The molecule has 41 heavy (non-hydrogen) atoms. The molecule has 0 bridgehead atoms. The van der Waals surface area contributed by atoms with Crippen LogP contribution in [0, 0.1) is 0 Å². The van der Waals surface area contributed by atoms with E-state index >= 15 is 0 Å². The van der Waals surface area contributed by atoms with E-state index in [1.54, 1.807) is 7.11 Å². The van der Waals surface area contributed by atoms with Gasteiger partial charge in [-0.15, -0.1) is 0 Å². The lowest BCUT2D eigenvalue weighted by atomic mass is 10.0. The van der Waals surface area contributed by atoms with Crippen LogP contribution >= 0.6 is 12.0 Å². The summed E-state index contributed by atoms with van der Waals surface area (Å²) in [5.74, 6) is 0. The normalized spacial score (nSPS) is 11.7. The summed E-state index contributed by atoms with van der Waals surface area (Å²) < 4.78 is 10.0. The topological polar surface area (TPSA) is 19.1 Å². The third-order valence-electron chi connectivity index (χ3n) is 7.99. The molecular weight excluding hydrogens is 520 g/mol. The first-order valence-electron chi connectivity index (χ1n) is 13.7. The summed E-state index contributed by atoms with van der Waals surface area (Å²) in [4.78, 5) is 1.10. The van der Waals surface area contributed by atoms with Crippen molar-refractivity contribution in [2.24, 2.45) is 0 Å². The average Bonchev–Trinajstić information content (AvgIpc) is 3.54. The zero-order chi connectivity index (χ0) is 27.3. The molecule has 0 aliphatic carbocycles. The van der Waals surface area contributed by atoms with E-state index in [1.807, 2.05) is 0 Å². The van der Waals surface area contributed by atoms with Crippen LogP contribution < -0.4 is 0 Å². The van der Waals surface area contributed by atoms with Crippen LogP contribution in [0.15, 0.2) is 144 Å². The lowest BCUT2D eigenvalue weighted by Crippen LogP contribution is -1.94. The second-order valence-electron chi connectivity index (χ2n) is 10.2. The fourth-order valence-electron chi connectivity index (χ4n) is 6.18. The van der Waals surface area contributed by atoms with Gasteiger partial charge in [0.2, 0.25) is 0 Å². The zero-order valence-electron chi connectivity index (χ0n) is 22.5. The van der Waals surface area contributed by atoms with Gasteiger partial charge in [0.1, 0.15) is 0 Å². The lowest BCUT2D eigenvalue weighted by molar-refractivity contribution is 0.490. The van der Waals surface area contributed by atoms with E-state index in [0.717, 1.165) is 10.6 Å². The zero-order valence-corrected chi connectivity index (χ0v) is 23.3. The van der Waals surface area contributed by atoms with Crippen LogP contribution in [0.5, 0.6) is 0 Å². The van der Waals surface area contributed by atoms with Gasteiger partial charge in [0.25, 0.3) is 0 Å². The van der Waals surface area contributed by atoms with Gasteiger partial charge in [-0.1, -0.05) is 78.9 Å². The van der Waals surface area contributed by atoms with E-state index in [1.165, 1.54) is 72.5 Å². The maximum absolute atomic E-state index is 5.31. The molecule has 0 unspecified atom stereocenters. The summed E-state index contributed by atoms with van der Waals surface area (Å²) in [6, 6.07) is 50.2. The van der Waals surface area contributed by atoms with Gasteiger partial charge in [0.05, 0.1) is 29.2 Å². The van der Waals surface area contributed by atoms with Crippen molar-refractivity contribution < 1.29 is 4.18 Å². The molecule has 196 valence electrons. The highest BCUT2D eigenvalue weighted by Crippen LogP contribution is 2.36. The molecule has 0 aliphatic rings. The van der Waals surface area contributed by atoms with Crippen molar-refractivity contribution >= 4 is 55.7 Å². The molecule has 8 aromatic rings. The number of nitrogens with zero attached hydrogens (tertiary/aromatic N) is 2. The average molecular weight is 547 g/mol. The van der Waals surface area contributed by atoms with E-state index in [0.29, 0.717) is 0 Å². The molecule has 2 aromatic heterocycles. The van der Waals surface area contributed by atoms with Gasteiger partial charge in [-0.25, -0.2) is 0 Å². The Labute approximate surface area is 242 Å². The van der Waals surface area contributed by atoms with Crippen molar-refractivity contribution in [3.8, 4) is 22.5 Å². The first kappa shape index (κ1) is 24.1. The Morgan fingerprint density at radius 3 is 1.32 bits per heavy atom. The molecule has 0 spiro atoms. The number of fused-ring (bicyclic) bond motifs is 6. The van der Waals surface area contributed by atoms with Crippen LogP contribution in [-0.2, 0) is 4.18 Å². The molecule has 6 aromatic carbocycles. The summed E-state index contributed by atoms with van der Waals surface area (Å²) >= 11 is 1.39. The summed E-state index contributed by atoms with van der Waals surface area (Å²) in [5, 5.41) is 5.03. The Balaban J connectivity index is 1.18. The summed E-state index contributed by atoms with van der Waals surface area (Å²) in [7, 11) is 1.71. The minimum Gasteiger partial charge on any atom is -0.314 e. The van der Waals surface area contributed by atoms with Crippen molar-refractivity contribution in [3.05, 3.63) is 140 Å². The van der Waals surface area contributed by atoms with Crippen LogP contribution in [0.4, 0.5) is 0 Å². The van der Waals surface area contributed by atoms with Gasteiger partial charge in [-0.05, 0) is 71.8 Å². The summed E-state index contributed by atoms with van der Waals surface area (Å²) in [6.07, 6.45) is 0. The number of hydrogen-bond donors (Lipinski definition) is 0. The minimum absolute atomic E-state index is 1.10. The highest BCUT2D eigenvalue weighted by molar-refractivity contribution is 7.94. The van der Waals surface area contributed by atoms with Gasteiger partial charge in [-0.3, -0.25) is 0 Å². The predicted molar refractivity (Wildman–Crippen MR) is 173 cm³/mol. The monoisotopic (exact) mass is 546 g/mol. The number of benzene rings is 6. The molecule has 0 amide bonds. The van der Waals surface area contributed by atoms with Crippen LogP contribution in [-0.4, -0.2) is 16.2 Å². The Morgan fingerprint density at radius 2 is 0.854 bits per heavy atom. The summed E-state index contributed by atoms with van der Waals surface area (Å²) in [5.41, 5.74) is 9.55. The fourth-order valence-corrected chi connectivity index (χ4v) is 6.67. The Hall–Kier alpha value is -4.77. The molecule has 0 fully saturated rings. The Bertz CT molecular complexity index is 2150. The third kappa shape index (κ3) is 3.87. The van der Waals surface area contributed by atoms with E-state index in [9.17, 15) is 0 Å². The molecule has 0 saturated carbocycles. The van der Waals surface area contributed by atoms with E-state index in [4.69, 9.17) is 4.18 Å². The van der Waals surface area contributed by atoms with E-state index < -0.39 is 0 Å². The maximum Gasteiger partial charge on any atom is 0.0541 e. The number of rotatable bonds is 5. The fraction of sp³-hybridized carbons (Fsp3) is 0.0270. The van der Waals surface area contributed by atoms with E-state index in [-0.39, 0.29) is 0 Å². The number of hydrogen-bond acceptors (Lipinski definition) is 2. The van der Waals surface area contributed by atoms with Crippen molar-refractivity contribution in [1.29, 1.82) is 0 Å². The first-order valence-corrected chi connectivity index (χ1v) is 14.5.